The van der Waals surface area contributed by atoms with Gasteiger partial charge in [0.15, 0.2) is 0 Å². The topological polar surface area (TPSA) is 12.0 Å². The van der Waals surface area contributed by atoms with Gasteiger partial charge in [-0.15, -0.1) is 0 Å². The number of benzene rings is 1. The quantitative estimate of drug-likeness (QED) is 0.823. The normalized spacial score (nSPS) is 19.2. The summed E-state index contributed by atoms with van der Waals surface area (Å²) in [4.78, 5) is 0. The molecule has 0 amide bonds. The second-order valence-corrected chi connectivity index (χ2v) is 5.29. The van der Waals surface area contributed by atoms with Crippen LogP contribution in [0.4, 0.5) is 13.2 Å². The number of nitrogens with one attached hydrogen (secondary N) is 1. The minimum atomic E-state index is -4.07. The van der Waals surface area contributed by atoms with E-state index in [1.54, 1.807) is 0 Å². The van der Waals surface area contributed by atoms with Crippen molar-refractivity contribution in [1.29, 1.82) is 0 Å². The van der Waals surface area contributed by atoms with Gasteiger partial charge in [0.1, 0.15) is 0 Å². The lowest BCUT2D eigenvalue weighted by atomic mass is 9.85. The summed E-state index contributed by atoms with van der Waals surface area (Å²) in [5.41, 5.74) is 1.09. The summed E-state index contributed by atoms with van der Waals surface area (Å²) in [6.45, 7) is 2.65. The zero-order valence-corrected chi connectivity index (χ0v) is 11.1. The average molecular weight is 271 g/mol. The van der Waals surface area contributed by atoms with Crippen LogP contribution in [0.5, 0.6) is 0 Å². The smallest absolute Gasteiger partial charge is 0.313 e. The largest absolute Gasteiger partial charge is 0.389 e. The van der Waals surface area contributed by atoms with Crippen LogP contribution in [0.25, 0.3) is 0 Å². The van der Waals surface area contributed by atoms with E-state index in [9.17, 15) is 13.2 Å². The van der Waals surface area contributed by atoms with Crippen LogP contribution < -0.4 is 5.32 Å². The number of hydrogen-bond donors (Lipinski definition) is 1. The summed E-state index contributed by atoms with van der Waals surface area (Å²) >= 11 is 0. The summed E-state index contributed by atoms with van der Waals surface area (Å²) in [5, 5.41) is 3.26. The lowest BCUT2D eigenvalue weighted by Crippen LogP contribution is -2.40. The molecule has 1 saturated carbocycles. The first-order chi connectivity index (χ1) is 8.98. The van der Waals surface area contributed by atoms with E-state index in [0.717, 1.165) is 12.8 Å². The molecule has 0 radical (unpaired) electrons. The van der Waals surface area contributed by atoms with Gasteiger partial charge in [-0.05, 0) is 31.4 Å². The van der Waals surface area contributed by atoms with Crippen molar-refractivity contribution in [3.63, 3.8) is 0 Å². The molecule has 1 nitrogen and oxygen atoms in total. The molecule has 1 atom stereocenters. The monoisotopic (exact) mass is 271 g/mol. The minimum absolute atomic E-state index is 0.0808. The third kappa shape index (κ3) is 3.50. The molecule has 1 aliphatic carbocycles. The second-order valence-electron chi connectivity index (χ2n) is 5.29. The molecule has 0 saturated heterocycles. The van der Waals surface area contributed by atoms with E-state index in [-0.39, 0.29) is 17.9 Å². The van der Waals surface area contributed by atoms with Crippen LogP contribution in [-0.4, -0.2) is 18.8 Å². The summed E-state index contributed by atoms with van der Waals surface area (Å²) < 4.78 is 37.3. The first-order valence-corrected chi connectivity index (χ1v) is 6.83. The summed E-state index contributed by atoms with van der Waals surface area (Å²) in [6.07, 6.45) is -2.66. The van der Waals surface area contributed by atoms with Crippen LogP contribution in [0.3, 0.4) is 0 Å². The highest BCUT2D eigenvalue weighted by molar-refractivity contribution is 5.33. The molecule has 0 aliphatic heterocycles. The third-order valence-electron chi connectivity index (χ3n) is 3.97. The molecule has 0 aromatic heterocycles. The Morgan fingerprint density at radius 2 is 1.84 bits per heavy atom. The third-order valence-corrected chi connectivity index (χ3v) is 3.97. The maximum absolute atomic E-state index is 12.4. The summed E-state index contributed by atoms with van der Waals surface area (Å²) in [5.74, 6) is 0. The van der Waals surface area contributed by atoms with Crippen LogP contribution in [0.2, 0.25) is 0 Å². The average Bonchev–Trinajstić information content (AvgIpc) is 3.16. The van der Waals surface area contributed by atoms with E-state index >= 15 is 0 Å². The van der Waals surface area contributed by atoms with E-state index < -0.39 is 12.6 Å². The standard InChI is InChI=1S/C15H20F3N/c1-2-19-13(8-9-15(16,17)18)14(10-11-14)12-6-4-3-5-7-12/h3-7,13,19H,2,8-11H2,1H3. The van der Waals surface area contributed by atoms with Crippen molar-refractivity contribution in [2.24, 2.45) is 0 Å². The van der Waals surface area contributed by atoms with Crippen molar-refractivity contribution in [1.82, 2.24) is 5.32 Å². The van der Waals surface area contributed by atoms with E-state index in [1.165, 1.54) is 5.56 Å². The molecular formula is C15H20F3N. The van der Waals surface area contributed by atoms with Crippen molar-refractivity contribution in [3.05, 3.63) is 35.9 Å². The Balaban J connectivity index is 2.10. The zero-order chi connectivity index (χ0) is 13.9. The molecule has 1 fully saturated rings. The number of hydrogen-bond acceptors (Lipinski definition) is 1. The Hall–Kier alpha value is -1.03. The maximum atomic E-state index is 12.4. The number of halogens is 3. The Morgan fingerprint density at radius 3 is 2.32 bits per heavy atom. The minimum Gasteiger partial charge on any atom is -0.313 e. The first kappa shape index (κ1) is 14.4. The van der Waals surface area contributed by atoms with Gasteiger partial charge in [-0.1, -0.05) is 37.3 Å². The van der Waals surface area contributed by atoms with Gasteiger partial charge >= 0.3 is 6.18 Å². The Morgan fingerprint density at radius 1 is 1.21 bits per heavy atom. The molecule has 2 rings (SSSR count). The Kier molecular flexibility index (Phi) is 4.19. The van der Waals surface area contributed by atoms with Crippen LogP contribution in [0.1, 0.15) is 38.2 Å². The number of rotatable bonds is 6. The van der Waals surface area contributed by atoms with E-state index in [2.05, 4.69) is 5.32 Å². The molecular weight excluding hydrogens is 251 g/mol. The van der Waals surface area contributed by atoms with E-state index in [4.69, 9.17) is 0 Å². The van der Waals surface area contributed by atoms with Crippen molar-refractivity contribution < 1.29 is 13.2 Å². The molecule has 1 aromatic rings. The molecule has 1 unspecified atom stereocenters. The Bertz CT molecular complexity index is 396. The number of alkyl halides is 3. The van der Waals surface area contributed by atoms with Gasteiger partial charge in [0.05, 0.1) is 0 Å². The molecule has 106 valence electrons. The molecule has 0 bridgehead atoms. The summed E-state index contributed by atoms with van der Waals surface area (Å²) in [6, 6.07) is 9.85. The van der Waals surface area contributed by atoms with Crippen LogP contribution >= 0.6 is 0 Å². The van der Waals surface area contributed by atoms with Gasteiger partial charge in [-0.3, -0.25) is 0 Å². The second kappa shape index (κ2) is 5.53. The molecule has 1 N–H and O–H groups in total. The van der Waals surface area contributed by atoms with Crippen LogP contribution in [0, 0.1) is 0 Å². The first-order valence-electron chi connectivity index (χ1n) is 6.83. The Labute approximate surface area is 112 Å². The van der Waals surface area contributed by atoms with Gasteiger partial charge in [-0.25, -0.2) is 0 Å². The fourth-order valence-electron chi connectivity index (χ4n) is 2.87. The van der Waals surface area contributed by atoms with E-state index in [0.29, 0.717) is 6.54 Å². The van der Waals surface area contributed by atoms with Crippen LogP contribution in [0.15, 0.2) is 30.3 Å². The maximum Gasteiger partial charge on any atom is 0.389 e. The van der Waals surface area contributed by atoms with Crippen LogP contribution in [-0.2, 0) is 5.41 Å². The van der Waals surface area contributed by atoms with Crippen molar-refractivity contribution in [2.45, 2.75) is 50.2 Å². The highest BCUT2D eigenvalue weighted by atomic mass is 19.4. The molecule has 4 heteroatoms. The van der Waals surface area contributed by atoms with Gasteiger partial charge in [0.2, 0.25) is 0 Å². The predicted molar refractivity (Wildman–Crippen MR) is 70.1 cm³/mol. The highest BCUT2D eigenvalue weighted by Gasteiger charge is 2.50. The van der Waals surface area contributed by atoms with Gasteiger partial charge in [0.25, 0.3) is 0 Å². The number of likely N-dealkylation sites (N-methyl/N-ethyl adjacent to an activating group) is 1. The molecule has 0 spiro atoms. The molecule has 0 heterocycles. The van der Waals surface area contributed by atoms with E-state index in [1.807, 2.05) is 37.3 Å². The van der Waals surface area contributed by atoms with Crippen molar-refractivity contribution in [2.75, 3.05) is 6.54 Å². The fourth-order valence-corrected chi connectivity index (χ4v) is 2.87. The highest BCUT2D eigenvalue weighted by Crippen LogP contribution is 2.52. The lowest BCUT2D eigenvalue weighted by molar-refractivity contribution is -0.137. The zero-order valence-electron chi connectivity index (χ0n) is 11.1. The van der Waals surface area contributed by atoms with Crippen molar-refractivity contribution in [3.8, 4) is 0 Å². The predicted octanol–water partition coefficient (Wildman–Crippen LogP) is 4.04. The molecule has 19 heavy (non-hydrogen) atoms. The molecule has 1 aliphatic rings. The lowest BCUT2D eigenvalue weighted by Gasteiger charge is -2.29. The van der Waals surface area contributed by atoms with Gasteiger partial charge in [-0.2, -0.15) is 13.2 Å². The van der Waals surface area contributed by atoms with Gasteiger partial charge in [0, 0.05) is 17.9 Å². The fraction of sp³-hybridized carbons (Fsp3) is 0.600. The van der Waals surface area contributed by atoms with Gasteiger partial charge < -0.3 is 5.32 Å². The summed E-state index contributed by atoms with van der Waals surface area (Å²) in [7, 11) is 0. The SMILES string of the molecule is CCNC(CCC(F)(F)F)C1(c2ccccc2)CC1. The molecule has 1 aromatic carbocycles. The van der Waals surface area contributed by atoms with Crippen molar-refractivity contribution >= 4 is 0 Å².